The number of nitro benzene ring substituents is 1. The molecule has 1 heterocycles. The Labute approximate surface area is 124 Å². The Hall–Kier alpha value is -1.70. The standard InChI is InChI=1S/C13H14F2N2O3S/c1-13(3-2-4-21-13)7-16-12(18)8-5-10(15)11(17(19)20)6-9(8)14/h5-6H,2-4,7H2,1H3,(H,16,18). The first-order valence-electron chi connectivity index (χ1n) is 6.38. The number of hydrogen-bond donors (Lipinski definition) is 1. The number of halogens is 2. The van der Waals surface area contributed by atoms with Gasteiger partial charge in [-0.25, -0.2) is 4.39 Å². The fraction of sp³-hybridized carbons (Fsp3) is 0.462. The van der Waals surface area contributed by atoms with Gasteiger partial charge in [0.15, 0.2) is 0 Å². The average molecular weight is 316 g/mol. The summed E-state index contributed by atoms with van der Waals surface area (Å²) in [5.41, 5.74) is -1.51. The van der Waals surface area contributed by atoms with Crippen molar-refractivity contribution >= 4 is 23.4 Å². The molecule has 0 radical (unpaired) electrons. The minimum atomic E-state index is -1.23. The fourth-order valence-electron chi connectivity index (χ4n) is 2.19. The number of rotatable bonds is 4. The zero-order valence-electron chi connectivity index (χ0n) is 11.3. The number of amides is 1. The topological polar surface area (TPSA) is 72.2 Å². The van der Waals surface area contributed by atoms with Crippen LogP contribution in [-0.2, 0) is 0 Å². The summed E-state index contributed by atoms with van der Waals surface area (Å²) < 4.78 is 27.1. The molecule has 1 fully saturated rings. The summed E-state index contributed by atoms with van der Waals surface area (Å²) >= 11 is 1.72. The Morgan fingerprint density at radius 1 is 1.48 bits per heavy atom. The maximum Gasteiger partial charge on any atom is 0.307 e. The van der Waals surface area contributed by atoms with Crippen molar-refractivity contribution in [1.82, 2.24) is 5.32 Å². The van der Waals surface area contributed by atoms with Crippen LogP contribution < -0.4 is 5.32 Å². The minimum absolute atomic E-state index is 0.106. The number of carbonyl (C=O) groups excluding carboxylic acids is 1. The number of nitrogens with zero attached hydrogens (tertiary/aromatic N) is 1. The average Bonchev–Trinajstić information content (AvgIpc) is 2.85. The molecule has 1 unspecified atom stereocenters. The molecule has 1 atom stereocenters. The lowest BCUT2D eigenvalue weighted by atomic mass is 10.1. The second-order valence-electron chi connectivity index (χ2n) is 5.13. The molecule has 0 spiro atoms. The Morgan fingerprint density at radius 2 is 2.19 bits per heavy atom. The third kappa shape index (κ3) is 3.49. The Balaban J connectivity index is 2.12. The zero-order chi connectivity index (χ0) is 15.6. The van der Waals surface area contributed by atoms with E-state index in [0.29, 0.717) is 18.7 Å². The van der Waals surface area contributed by atoms with Crippen molar-refractivity contribution in [3.63, 3.8) is 0 Å². The summed E-state index contributed by atoms with van der Waals surface area (Å²) in [6, 6.07) is 0.989. The molecule has 1 aromatic carbocycles. The summed E-state index contributed by atoms with van der Waals surface area (Å²) in [5.74, 6) is -2.10. The molecule has 1 aliphatic rings. The van der Waals surface area contributed by atoms with Crippen LogP contribution in [-0.4, -0.2) is 27.9 Å². The van der Waals surface area contributed by atoms with E-state index in [2.05, 4.69) is 5.32 Å². The Kier molecular flexibility index (Phi) is 4.46. The molecule has 0 bridgehead atoms. The molecule has 1 saturated heterocycles. The van der Waals surface area contributed by atoms with Crippen LogP contribution in [0.15, 0.2) is 12.1 Å². The normalized spacial score (nSPS) is 21.3. The maximum atomic E-state index is 13.7. The van der Waals surface area contributed by atoms with Gasteiger partial charge in [-0.15, -0.1) is 0 Å². The van der Waals surface area contributed by atoms with Gasteiger partial charge in [-0.3, -0.25) is 14.9 Å². The number of nitrogens with one attached hydrogen (secondary N) is 1. The first-order valence-corrected chi connectivity index (χ1v) is 7.36. The van der Waals surface area contributed by atoms with E-state index >= 15 is 0 Å². The fourth-order valence-corrected chi connectivity index (χ4v) is 3.43. The van der Waals surface area contributed by atoms with Gasteiger partial charge < -0.3 is 5.32 Å². The number of thioether (sulfide) groups is 1. The quantitative estimate of drug-likeness (QED) is 0.685. The molecule has 1 N–H and O–H groups in total. The van der Waals surface area contributed by atoms with Crippen LogP contribution in [0.25, 0.3) is 0 Å². The monoisotopic (exact) mass is 316 g/mol. The van der Waals surface area contributed by atoms with Gasteiger partial charge in [-0.1, -0.05) is 0 Å². The summed E-state index contributed by atoms with van der Waals surface area (Å²) in [4.78, 5) is 21.4. The molecular formula is C13H14F2N2O3S. The van der Waals surface area contributed by atoms with Gasteiger partial charge in [0.1, 0.15) is 5.82 Å². The van der Waals surface area contributed by atoms with E-state index in [0.717, 1.165) is 18.6 Å². The van der Waals surface area contributed by atoms with Crippen molar-refractivity contribution in [3.05, 3.63) is 39.4 Å². The van der Waals surface area contributed by atoms with Gasteiger partial charge in [-0.05, 0) is 31.6 Å². The molecule has 21 heavy (non-hydrogen) atoms. The highest BCUT2D eigenvalue weighted by Gasteiger charge is 2.30. The van der Waals surface area contributed by atoms with Crippen molar-refractivity contribution < 1.29 is 18.5 Å². The van der Waals surface area contributed by atoms with Gasteiger partial charge in [0.2, 0.25) is 5.82 Å². The highest BCUT2D eigenvalue weighted by atomic mass is 32.2. The molecule has 1 amide bonds. The first-order chi connectivity index (χ1) is 9.82. The third-order valence-corrected chi connectivity index (χ3v) is 4.94. The van der Waals surface area contributed by atoms with E-state index in [-0.39, 0.29) is 4.75 Å². The highest BCUT2D eigenvalue weighted by Crippen LogP contribution is 2.37. The number of carbonyl (C=O) groups is 1. The molecule has 1 aromatic rings. The van der Waals surface area contributed by atoms with Crippen LogP contribution in [0.4, 0.5) is 14.5 Å². The van der Waals surface area contributed by atoms with Crippen molar-refractivity contribution in [2.75, 3.05) is 12.3 Å². The van der Waals surface area contributed by atoms with E-state index in [1.165, 1.54) is 0 Å². The van der Waals surface area contributed by atoms with Crippen LogP contribution in [0.5, 0.6) is 0 Å². The predicted octanol–water partition coefficient (Wildman–Crippen LogP) is 2.89. The van der Waals surface area contributed by atoms with Gasteiger partial charge in [0.25, 0.3) is 5.91 Å². The third-order valence-electron chi connectivity index (χ3n) is 3.40. The zero-order valence-corrected chi connectivity index (χ0v) is 12.1. The maximum absolute atomic E-state index is 13.7. The molecule has 114 valence electrons. The van der Waals surface area contributed by atoms with Crippen LogP contribution in [0, 0.1) is 21.7 Å². The lowest BCUT2D eigenvalue weighted by Crippen LogP contribution is -2.37. The van der Waals surface area contributed by atoms with Crippen LogP contribution in [0.3, 0.4) is 0 Å². The Morgan fingerprint density at radius 3 is 2.76 bits per heavy atom. The molecule has 5 nitrogen and oxygen atoms in total. The summed E-state index contributed by atoms with van der Waals surface area (Å²) in [6.45, 7) is 2.34. The Bertz CT molecular complexity index is 589. The summed E-state index contributed by atoms with van der Waals surface area (Å²) in [6.07, 6.45) is 1.99. The second kappa shape index (κ2) is 5.97. The highest BCUT2D eigenvalue weighted by molar-refractivity contribution is 8.00. The molecule has 0 saturated carbocycles. The van der Waals surface area contributed by atoms with E-state index in [1.54, 1.807) is 11.8 Å². The van der Waals surface area contributed by atoms with Gasteiger partial charge in [0.05, 0.1) is 16.6 Å². The van der Waals surface area contributed by atoms with Crippen molar-refractivity contribution in [1.29, 1.82) is 0 Å². The van der Waals surface area contributed by atoms with E-state index in [9.17, 15) is 23.7 Å². The van der Waals surface area contributed by atoms with E-state index in [1.807, 2.05) is 6.92 Å². The molecule has 0 aromatic heterocycles. The van der Waals surface area contributed by atoms with Crippen LogP contribution in [0.2, 0.25) is 0 Å². The lowest BCUT2D eigenvalue weighted by Gasteiger charge is -2.22. The molecule has 1 aliphatic heterocycles. The molecule has 8 heteroatoms. The molecule has 0 aliphatic carbocycles. The van der Waals surface area contributed by atoms with Crippen molar-refractivity contribution in [3.8, 4) is 0 Å². The SMILES string of the molecule is CC1(CNC(=O)c2cc(F)c([N+](=O)[O-])cc2F)CCCS1. The van der Waals surface area contributed by atoms with Crippen LogP contribution >= 0.6 is 11.8 Å². The number of nitro groups is 1. The van der Waals surface area contributed by atoms with E-state index < -0.39 is 33.7 Å². The molecule has 2 rings (SSSR count). The summed E-state index contributed by atoms with van der Waals surface area (Å²) in [5, 5.41) is 13.1. The minimum Gasteiger partial charge on any atom is -0.351 e. The number of benzene rings is 1. The number of hydrogen-bond acceptors (Lipinski definition) is 4. The smallest absolute Gasteiger partial charge is 0.307 e. The lowest BCUT2D eigenvalue weighted by molar-refractivity contribution is -0.387. The van der Waals surface area contributed by atoms with Gasteiger partial charge >= 0.3 is 5.69 Å². The van der Waals surface area contributed by atoms with Gasteiger partial charge in [-0.2, -0.15) is 16.2 Å². The van der Waals surface area contributed by atoms with E-state index in [4.69, 9.17) is 0 Å². The summed E-state index contributed by atoms with van der Waals surface area (Å²) in [7, 11) is 0. The predicted molar refractivity (Wildman–Crippen MR) is 75.4 cm³/mol. The van der Waals surface area contributed by atoms with Crippen molar-refractivity contribution in [2.24, 2.45) is 0 Å². The van der Waals surface area contributed by atoms with Gasteiger partial charge in [0, 0.05) is 11.3 Å². The molecular weight excluding hydrogens is 302 g/mol. The second-order valence-corrected chi connectivity index (χ2v) is 6.81. The largest absolute Gasteiger partial charge is 0.351 e. The van der Waals surface area contributed by atoms with Crippen molar-refractivity contribution in [2.45, 2.75) is 24.5 Å². The first kappa shape index (κ1) is 15.7. The van der Waals surface area contributed by atoms with Crippen LogP contribution in [0.1, 0.15) is 30.1 Å².